The number of hydrogen-bond donors (Lipinski definition) is 2. The highest BCUT2D eigenvalue weighted by molar-refractivity contribution is 7.09. The molecule has 1 aromatic carbocycles. The maximum absolute atomic E-state index is 10.7. The van der Waals surface area contributed by atoms with Gasteiger partial charge in [0.05, 0.1) is 25.3 Å². The molecule has 1 heterocycles. The van der Waals surface area contributed by atoms with Crippen LogP contribution in [0.25, 0.3) is 0 Å². The Labute approximate surface area is 121 Å². The van der Waals surface area contributed by atoms with Gasteiger partial charge in [-0.25, -0.2) is 4.98 Å². The average molecular weight is 291 g/mol. The van der Waals surface area contributed by atoms with Crippen molar-refractivity contribution in [3.63, 3.8) is 0 Å². The molecule has 0 spiro atoms. The third-order valence-electron chi connectivity index (χ3n) is 2.59. The largest absolute Gasteiger partial charge is 0.491 e. The zero-order valence-corrected chi connectivity index (χ0v) is 12.1. The Morgan fingerprint density at radius 1 is 1.45 bits per heavy atom. The lowest BCUT2D eigenvalue weighted by molar-refractivity contribution is -0.118. The number of aryl methyl sites for hydroxylation is 1. The number of benzene rings is 1. The number of rotatable bonds is 7. The van der Waals surface area contributed by atoms with Crippen molar-refractivity contribution in [3.05, 3.63) is 40.3 Å². The van der Waals surface area contributed by atoms with Gasteiger partial charge in [-0.05, 0) is 19.1 Å². The smallest absolute Gasteiger partial charge is 0.220 e. The molecule has 3 N–H and O–H groups in total. The summed E-state index contributed by atoms with van der Waals surface area (Å²) in [5.74, 6) is 0.343. The van der Waals surface area contributed by atoms with E-state index < -0.39 is 0 Å². The third-order valence-corrected chi connectivity index (χ3v) is 3.56. The van der Waals surface area contributed by atoms with Crippen LogP contribution in [0, 0.1) is 6.92 Å². The summed E-state index contributed by atoms with van der Waals surface area (Å²) in [6, 6.07) is 7.60. The Morgan fingerprint density at radius 3 is 2.95 bits per heavy atom. The zero-order chi connectivity index (χ0) is 14.4. The van der Waals surface area contributed by atoms with Crippen molar-refractivity contribution in [2.75, 3.05) is 11.9 Å². The minimum atomic E-state index is -0.367. The van der Waals surface area contributed by atoms with Crippen LogP contribution >= 0.6 is 11.3 Å². The summed E-state index contributed by atoms with van der Waals surface area (Å²) in [6.07, 6.45) is 0.208. The molecule has 0 unspecified atom stereocenters. The fraction of sp³-hybridized carbons (Fsp3) is 0.286. The van der Waals surface area contributed by atoms with Gasteiger partial charge in [0, 0.05) is 11.1 Å². The van der Waals surface area contributed by atoms with E-state index in [9.17, 15) is 4.79 Å². The normalized spacial score (nSPS) is 10.2. The lowest BCUT2D eigenvalue weighted by atomic mass is 10.3. The lowest BCUT2D eigenvalue weighted by Gasteiger charge is -2.11. The number of amides is 1. The van der Waals surface area contributed by atoms with E-state index >= 15 is 0 Å². The molecule has 2 rings (SSSR count). The predicted molar refractivity (Wildman–Crippen MR) is 79.9 cm³/mol. The molecule has 0 bridgehead atoms. The Hall–Kier alpha value is -2.08. The van der Waals surface area contributed by atoms with E-state index in [1.54, 1.807) is 11.3 Å². The summed E-state index contributed by atoms with van der Waals surface area (Å²) in [7, 11) is 0. The average Bonchev–Trinajstić information content (AvgIpc) is 2.83. The SMILES string of the molecule is Cc1csc(CNc2ccccc2OCCC(N)=O)n1. The van der Waals surface area contributed by atoms with Crippen molar-refractivity contribution in [1.82, 2.24) is 4.98 Å². The van der Waals surface area contributed by atoms with E-state index in [0.29, 0.717) is 12.3 Å². The molecule has 0 aliphatic carbocycles. The van der Waals surface area contributed by atoms with Gasteiger partial charge in [-0.2, -0.15) is 0 Å². The van der Waals surface area contributed by atoms with Crippen LogP contribution in [0.15, 0.2) is 29.6 Å². The molecule has 20 heavy (non-hydrogen) atoms. The number of thiazole rings is 1. The van der Waals surface area contributed by atoms with Crippen LogP contribution in [0.4, 0.5) is 5.69 Å². The van der Waals surface area contributed by atoms with E-state index in [0.717, 1.165) is 16.4 Å². The van der Waals surface area contributed by atoms with Crippen LogP contribution in [0.5, 0.6) is 5.75 Å². The molecule has 1 aromatic heterocycles. The molecule has 6 heteroatoms. The third kappa shape index (κ3) is 4.24. The van der Waals surface area contributed by atoms with Crippen LogP contribution in [-0.2, 0) is 11.3 Å². The fourth-order valence-electron chi connectivity index (χ4n) is 1.65. The second-order valence-electron chi connectivity index (χ2n) is 4.30. The van der Waals surface area contributed by atoms with Gasteiger partial charge in [0.25, 0.3) is 0 Å². The number of nitrogens with one attached hydrogen (secondary N) is 1. The Balaban J connectivity index is 1.94. The van der Waals surface area contributed by atoms with Crippen LogP contribution in [-0.4, -0.2) is 17.5 Å². The first-order valence-electron chi connectivity index (χ1n) is 6.30. The molecular weight excluding hydrogens is 274 g/mol. The number of ether oxygens (including phenoxy) is 1. The Kier molecular flexibility index (Phi) is 4.95. The van der Waals surface area contributed by atoms with Crippen molar-refractivity contribution in [1.29, 1.82) is 0 Å². The van der Waals surface area contributed by atoms with Gasteiger partial charge in [-0.15, -0.1) is 11.3 Å². The standard InChI is InChI=1S/C14H17N3O2S/c1-10-9-20-14(17-10)8-16-11-4-2-3-5-12(11)19-7-6-13(15)18/h2-5,9,16H,6-8H2,1H3,(H2,15,18). The summed E-state index contributed by atoms with van der Waals surface area (Å²) >= 11 is 1.62. The van der Waals surface area contributed by atoms with E-state index in [1.807, 2.05) is 36.6 Å². The highest BCUT2D eigenvalue weighted by Gasteiger charge is 2.05. The van der Waals surface area contributed by atoms with Gasteiger partial charge in [-0.1, -0.05) is 12.1 Å². The molecule has 0 radical (unpaired) electrons. The number of carbonyl (C=O) groups excluding carboxylic acids is 1. The number of nitrogens with two attached hydrogens (primary N) is 1. The van der Waals surface area contributed by atoms with Crippen LogP contribution in [0.2, 0.25) is 0 Å². The monoisotopic (exact) mass is 291 g/mol. The van der Waals surface area contributed by atoms with Gasteiger partial charge in [-0.3, -0.25) is 4.79 Å². The first-order valence-corrected chi connectivity index (χ1v) is 7.18. The van der Waals surface area contributed by atoms with Gasteiger partial charge in [0.2, 0.25) is 5.91 Å². The van der Waals surface area contributed by atoms with Crippen LogP contribution < -0.4 is 15.8 Å². The van der Waals surface area contributed by atoms with Crippen molar-refractivity contribution < 1.29 is 9.53 Å². The number of anilines is 1. The highest BCUT2D eigenvalue weighted by Crippen LogP contribution is 2.24. The topological polar surface area (TPSA) is 77.2 Å². The van der Waals surface area contributed by atoms with Crippen molar-refractivity contribution in [3.8, 4) is 5.75 Å². The van der Waals surface area contributed by atoms with Gasteiger partial charge >= 0.3 is 0 Å². The van der Waals surface area contributed by atoms with Gasteiger partial charge < -0.3 is 15.8 Å². The van der Waals surface area contributed by atoms with Gasteiger partial charge in [0.1, 0.15) is 10.8 Å². The maximum Gasteiger partial charge on any atom is 0.220 e. The quantitative estimate of drug-likeness (QED) is 0.820. The maximum atomic E-state index is 10.7. The molecule has 1 amide bonds. The predicted octanol–water partition coefficient (Wildman–Crippen LogP) is 2.32. The molecule has 0 saturated carbocycles. The van der Waals surface area contributed by atoms with Crippen molar-refractivity contribution in [2.45, 2.75) is 19.9 Å². The molecule has 0 atom stereocenters. The zero-order valence-electron chi connectivity index (χ0n) is 11.3. The number of aromatic nitrogens is 1. The van der Waals surface area contributed by atoms with E-state index in [2.05, 4.69) is 10.3 Å². The summed E-state index contributed by atoms with van der Waals surface area (Å²) in [4.78, 5) is 15.1. The summed E-state index contributed by atoms with van der Waals surface area (Å²) in [6.45, 7) is 2.90. The minimum absolute atomic E-state index is 0.208. The number of para-hydroxylation sites is 2. The second kappa shape index (κ2) is 6.91. The molecule has 5 nitrogen and oxygen atoms in total. The molecule has 0 aliphatic heterocycles. The summed E-state index contributed by atoms with van der Waals surface area (Å²) in [5.41, 5.74) is 7.00. The van der Waals surface area contributed by atoms with E-state index in [1.165, 1.54) is 0 Å². The van der Waals surface area contributed by atoms with Gasteiger partial charge in [0.15, 0.2) is 0 Å². The summed E-state index contributed by atoms with van der Waals surface area (Å²) in [5, 5.41) is 6.33. The number of primary amides is 1. The first-order chi connectivity index (χ1) is 9.65. The van der Waals surface area contributed by atoms with E-state index in [-0.39, 0.29) is 18.9 Å². The fourth-order valence-corrected chi connectivity index (χ4v) is 2.37. The molecule has 0 fully saturated rings. The second-order valence-corrected chi connectivity index (χ2v) is 5.24. The van der Waals surface area contributed by atoms with Crippen molar-refractivity contribution in [2.24, 2.45) is 5.73 Å². The molecular formula is C14H17N3O2S. The van der Waals surface area contributed by atoms with E-state index in [4.69, 9.17) is 10.5 Å². The molecule has 2 aromatic rings. The molecule has 0 aliphatic rings. The number of nitrogens with zero attached hydrogens (tertiary/aromatic N) is 1. The molecule has 106 valence electrons. The Bertz CT molecular complexity index is 583. The van der Waals surface area contributed by atoms with Crippen LogP contribution in [0.1, 0.15) is 17.1 Å². The Morgan fingerprint density at radius 2 is 2.25 bits per heavy atom. The van der Waals surface area contributed by atoms with Crippen molar-refractivity contribution >= 4 is 22.9 Å². The highest BCUT2D eigenvalue weighted by atomic mass is 32.1. The van der Waals surface area contributed by atoms with Crippen LogP contribution in [0.3, 0.4) is 0 Å². The minimum Gasteiger partial charge on any atom is -0.491 e. The lowest BCUT2D eigenvalue weighted by Crippen LogP contribution is -2.15. The number of carbonyl (C=O) groups is 1. The summed E-state index contributed by atoms with van der Waals surface area (Å²) < 4.78 is 5.56. The first kappa shape index (κ1) is 14.3. The molecule has 0 saturated heterocycles. The number of hydrogen-bond acceptors (Lipinski definition) is 5.